The molecular weight excluding hydrogens is 454 g/mol. The normalized spacial score (nSPS) is 10.7. The summed E-state index contributed by atoms with van der Waals surface area (Å²) < 4.78 is 16.8. The fourth-order valence-electron chi connectivity index (χ4n) is 3.90. The first-order valence-electron chi connectivity index (χ1n) is 11.4. The molecule has 0 radical (unpaired) electrons. The fraction of sp³-hybridized carbons (Fsp3) is 0.0667. The van der Waals surface area contributed by atoms with Gasteiger partial charge in [-0.1, -0.05) is 60.7 Å². The van der Waals surface area contributed by atoms with E-state index in [-0.39, 0.29) is 5.91 Å². The van der Waals surface area contributed by atoms with Crippen LogP contribution in [0.2, 0.25) is 0 Å². The summed E-state index contributed by atoms with van der Waals surface area (Å²) in [6.45, 7) is 0.399. The summed E-state index contributed by atoms with van der Waals surface area (Å²) in [5, 5.41) is 3.70. The van der Waals surface area contributed by atoms with Crippen molar-refractivity contribution in [2.75, 3.05) is 12.4 Å². The van der Waals surface area contributed by atoms with Gasteiger partial charge in [0, 0.05) is 10.9 Å². The van der Waals surface area contributed by atoms with Crippen molar-refractivity contribution in [2.45, 2.75) is 6.61 Å². The summed E-state index contributed by atoms with van der Waals surface area (Å²) in [5.74, 6) is 0.718. The number of methoxy groups -OCH3 is 1. The Bertz CT molecular complexity index is 1590. The van der Waals surface area contributed by atoms with Gasteiger partial charge in [-0.25, -0.2) is 4.79 Å². The number of anilines is 1. The molecule has 4 aromatic carbocycles. The van der Waals surface area contributed by atoms with E-state index in [4.69, 9.17) is 13.9 Å². The first-order chi connectivity index (χ1) is 17.6. The first kappa shape index (κ1) is 22.9. The highest BCUT2D eigenvalue weighted by molar-refractivity contribution is 6.05. The minimum Gasteiger partial charge on any atom is -0.495 e. The summed E-state index contributed by atoms with van der Waals surface area (Å²) in [7, 11) is 1.52. The van der Waals surface area contributed by atoms with Crippen molar-refractivity contribution in [2.24, 2.45) is 0 Å². The number of fused-ring (bicyclic) bond motifs is 1. The lowest BCUT2D eigenvalue weighted by Crippen LogP contribution is -2.13. The van der Waals surface area contributed by atoms with Crippen LogP contribution in [-0.2, 0) is 6.61 Å². The fourth-order valence-corrected chi connectivity index (χ4v) is 3.90. The zero-order valence-corrected chi connectivity index (χ0v) is 19.6. The molecule has 0 saturated heterocycles. The molecule has 0 fully saturated rings. The molecular formula is C30H23NO5. The topological polar surface area (TPSA) is 77.8 Å². The SMILES string of the molecule is COc1ccc(-c2cc3ccccc3oc2=O)cc1NC(=O)c1cccc(OCc2ccccc2)c1. The minimum absolute atomic E-state index is 0.332. The maximum Gasteiger partial charge on any atom is 0.344 e. The van der Waals surface area contributed by atoms with E-state index < -0.39 is 5.63 Å². The van der Waals surface area contributed by atoms with Crippen molar-refractivity contribution >= 4 is 22.6 Å². The van der Waals surface area contributed by atoms with Gasteiger partial charge in [0.25, 0.3) is 5.91 Å². The Labute approximate surface area is 207 Å². The number of hydrogen-bond acceptors (Lipinski definition) is 5. The van der Waals surface area contributed by atoms with Crippen molar-refractivity contribution < 1.29 is 18.7 Å². The second-order valence-corrected chi connectivity index (χ2v) is 8.16. The van der Waals surface area contributed by atoms with Crippen molar-refractivity contribution in [3.05, 3.63) is 125 Å². The third-order valence-corrected chi connectivity index (χ3v) is 5.74. The number of benzene rings is 4. The van der Waals surface area contributed by atoms with E-state index in [0.717, 1.165) is 10.9 Å². The van der Waals surface area contributed by atoms with Crippen LogP contribution in [0.5, 0.6) is 11.5 Å². The van der Waals surface area contributed by atoms with Gasteiger partial charge >= 0.3 is 5.63 Å². The molecule has 6 nitrogen and oxygen atoms in total. The number of amides is 1. The molecule has 5 rings (SSSR count). The number of carbonyl (C=O) groups is 1. The Morgan fingerprint density at radius 2 is 1.67 bits per heavy atom. The molecule has 0 atom stereocenters. The summed E-state index contributed by atoms with van der Waals surface area (Å²) in [6, 6.07) is 31.0. The van der Waals surface area contributed by atoms with E-state index in [1.165, 1.54) is 7.11 Å². The zero-order valence-electron chi connectivity index (χ0n) is 19.6. The van der Waals surface area contributed by atoms with E-state index in [1.807, 2.05) is 48.5 Å². The zero-order chi connectivity index (χ0) is 24.9. The van der Waals surface area contributed by atoms with Crippen LogP contribution in [0.3, 0.4) is 0 Å². The number of carbonyl (C=O) groups excluding carboxylic acids is 1. The van der Waals surface area contributed by atoms with Crippen molar-refractivity contribution in [3.63, 3.8) is 0 Å². The average Bonchev–Trinajstić information content (AvgIpc) is 2.92. The van der Waals surface area contributed by atoms with Gasteiger partial charge in [-0.05, 0) is 53.6 Å². The van der Waals surface area contributed by atoms with Crippen LogP contribution in [-0.4, -0.2) is 13.0 Å². The van der Waals surface area contributed by atoms with Crippen molar-refractivity contribution in [3.8, 4) is 22.6 Å². The maximum absolute atomic E-state index is 13.1. The highest BCUT2D eigenvalue weighted by Crippen LogP contribution is 2.31. The number of para-hydroxylation sites is 1. The number of ether oxygens (including phenoxy) is 2. The average molecular weight is 478 g/mol. The second kappa shape index (κ2) is 10.2. The Balaban J connectivity index is 1.39. The molecule has 0 spiro atoms. The van der Waals surface area contributed by atoms with Gasteiger partial charge in [-0.2, -0.15) is 0 Å². The van der Waals surface area contributed by atoms with Crippen LogP contribution in [0.1, 0.15) is 15.9 Å². The number of rotatable bonds is 7. The third-order valence-electron chi connectivity index (χ3n) is 5.74. The monoisotopic (exact) mass is 477 g/mol. The second-order valence-electron chi connectivity index (χ2n) is 8.16. The summed E-state index contributed by atoms with van der Waals surface area (Å²) in [4.78, 5) is 25.7. The number of hydrogen-bond donors (Lipinski definition) is 1. The molecule has 1 amide bonds. The predicted molar refractivity (Wildman–Crippen MR) is 140 cm³/mol. The molecule has 0 aliphatic carbocycles. The predicted octanol–water partition coefficient (Wildman–Crippen LogP) is 6.30. The molecule has 0 bridgehead atoms. The van der Waals surface area contributed by atoms with Gasteiger partial charge in [0.15, 0.2) is 0 Å². The largest absolute Gasteiger partial charge is 0.495 e. The van der Waals surface area contributed by atoms with Gasteiger partial charge in [0.1, 0.15) is 23.7 Å². The molecule has 0 saturated carbocycles. The van der Waals surface area contributed by atoms with Crippen molar-refractivity contribution in [1.82, 2.24) is 0 Å². The van der Waals surface area contributed by atoms with Crippen molar-refractivity contribution in [1.29, 1.82) is 0 Å². The molecule has 1 aromatic heterocycles. The van der Waals surface area contributed by atoms with E-state index in [2.05, 4.69) is 5.32 Å². The first-order valence-corrected chi connectivity index (χ1v) is 11.4. The van der Waals surface area contributed by atoms with Gasteiger partial charge in [0.05, 0.1) is 18.4 Å². The Morgan fingerprint density at radius 3 is 2.50 bits per heavy atom. The Morgan fingerprint density at radius 1 is 0.861 bits per heavy atom. The summed E-state index contributed by atoms with van der Waals surface area (Å²) >= 11 is 0. The van der Waals surface area contributed by atoms with Crippen LogP contribution in [0.25, 0.3) is 22.1 Å². The summed E-state index contributed by atoms with van der Waals surface area (Å²) in [6.07, 6.45) is 0. The minimum atomic E-state index is -0.459. The maximum atomic E-state index is 13.1. The highest BCUT2D eigenvalue weighted by Gasteiger charge is 2.14. The Kier molecular flexibility index (Phi) is 6.49. The van der Waals surface area contributed by atoms with Crippen LogP contribution in [0.15, 0.2) is 112 Å². The van der Waals surface area contributed by atoms with Crippen LogP contribution in [0.4, 0.5) is 5.69 Å². The number of nitrogens with one attached hydrogen (secondary N) is 1. The van der Waals surface area contributed by atoms with Gasteiger partial charge in [-0.15, -0.1) is 0 Å². The molecule has 5 aromatic rings. The summed E-state index contributed by atoms with van der Waals surface area (Å²) in [5.41, 5.74) is 2.95. The molecule has 0 aliphatic rings. The van der Waals surface area contributed by atoms with E-state index in [9.17, 15) is 9.59 Å². The quantitative estimate of drug-likeness (QED) is 0.278. The van der Waals surface area contributed by atoms with Crippen LogP contribution >= 0.6 is 0 Å². The molecule has 178 valence electrons. The van der Waals surface area contributed by atoms with E-state index >= 15 is 0 Å². The molecule has 0 unspecified atom stereocenters. The Hall–Kier alpha value is -4.84. The van der Waals surface area contributed by atoms with Gasteiger partial charge in [0.2, 0.25) is 0 Å². The van der Waals surface area contributed by atoms with E-state index in [1.54, 1.807) is 54.6 Å². The third kappa shape index (κ3) is 4.98. The molecule has 36 heavy (non-hydrogen) atoms. The standard InChI is InChI=1S/C30H23NO5/c1-34-28-15-14-21(25-17-22-10-5-6-13-27(22)36-30(25)33)18-26(28)31-29(32)23-11-7-12-24(16-23)35-19-20-8-3-2-4-9-20/h2-18H,19H2,1H3,(H,31,32). The van der Waals surface area contributed by atoms with Crippen LogP contribution < -0.4 is 20.4 Å². The molecule has 0 aliphatic heterocycles. The lowest BCUT2D eigenvalue weighted by Gasteiger charge is -2.13. The molecule has 1 N–H and O–H groups in total. The highest BCUT2D eigenvalue weighted by atomic mass is 16.5. The van der Waals surface area contributed by atoms with Crippen LogP contribution in [0, 0.1) is 0 Å². The smallest absolute Gasteiger partial charge is 0.344 e. The van der Waals surface area contributed by atoms with Gasteiger partial charge in [-0.3, -0.25) is 4.79 Å². The lowest BCUT2D eigenvalue weighted by molar-refractivity contribution is 0.102. The molecule has 6 heteroatoms. The molecule has 1 heterocycles. The van der Waals surface area contributed by atoms with Gasteiger partial charge < -0.3 is 19.2 Å². The lowest BCUT2D eigenvalue weighted by atomic mass is 10.0. The van der Waals surface area contributed by atoms with E-state index in [0.29, 0.717) is 46.1 Å².